The molecule has 5 N–H and O–H groups in total. The molecule has 2 atom stereocenters. The molecule has 2 unspecified atom stereocenters. The summed E-state index contributed by atoms with van der Waals surface area (Å²) >= 11 is 0. The Hall–Kier alpha value is -1.18. The lowest BCUT2D eigenvalue weighted by atomic mass is 10.2. The molecule has 0 rings (SSSR count). The number of likely N-dealkylation sites (N-methyl/N-ethyl adjacent to an activating group) is 2. The predicted octanol–water partition coefficient (Wildman–Crippen LogP) is 0.497. The summed E-state index contributed by atoms with van der Waals surface area (Å²) in [5.41, 5.74) is 5.29. The third kappa shape index (κ3) is 31.3. The maximum atomic E-state index is 10.8. The highest BCUT2D eigenvalue weighted by molar-refractivity contribution is 5.78. The maximum Gasteiger partial charge on any atom is 0.317 e. The Morgan fingerprint density at radius 2 is 1.64 bits per heavy atom. The molecule has 0 aliphatic rings. The molecule has 134 valence electrons. The van der Waals surface area contributed by atoms with E-state index >= 15 is 0 Å². The van der Waals surface area contributed by atoms with Gasteiger partial charge in [0.25, 0.3) is 0 Å². The van der Waals surface area contributed by atoms with Crippen molar-refractivity contribution in [3.63, 3.8) is 0 Å². The second-order valence-corrected chi connectivity index (χ2v) is 5.42. The van der Waals surface area contributed by atoms with Crippen LogP contribution in [0.2, 0.25) is 0 Å². The van der Waals surface area contributed by atoms with Crippen LogP contribution in [0.4, 0.5) is 0 Å². The molecule has 0 radical (unpaired) electrons. The van der Waals surface area contributed by atoms with Crippen molar-refractivity contribution in [3.05, 3.63) is 0 Å². The van der Waals surface area contributed by atoms with Crippen molar-refractivity contribution in [3.8, 4) is 0 Å². The van der Waals surface area contributed by atoms with Gasteiger partial charge in [-0.2, -0.15) is 0 Å². The van der Waals surface area contributed by atoms with E-state index in [9.17, 15) is 9.59 Å². The van der Waals surface area contributed by atoms with E-state index in [4.69, 9.17) is 10.8 Å². The van der Waals surface area contributed by atoms with Gasteiger partial charge in [-0.25, -0.2) is 0 Å². The van der Waals surface area contributed by atoms with Crippen LogP contribution in [0.15, 0.2) is 0 Å². The van der Waals surface area contributed by atoms with Gasteiger partial charge in [-0.05, 0) is 47.8 Å². The van der Waals surface area contributed by atoms with Crippen molar-refractivity contribution in [1.82, 2.24) is 15.5 Å². The fourth-order valence-corrected chi connectivity index (χ4v) is 0.859. The molecule has 0 aromatic carbocycles. The van der Waals surface area contributed by atoms with Gasteiger partial charge in [0.1, 0.15) is 0 Å². The first-order valence-corrected chi connectivity index (χ1v) is 7.66. The van der Waals surface area contributed by atoms with Crippen LogP contribution in [0, 0.1) is 0 Å². The lowest BCUT2D eigenvalue weighted by Crippen LogP contribution is -2.37. The van der Waals surface area contributed by atoms with Gasteiger partial charge in [-0.3, -0.25) is 14.5 Å². The van der Waals surface area contributed by atoms with Gasteiger partial charge in [0.05, 0.1) is 13.1 Å². The molecule has 22 heavy (non-hydrogen) atoms. The zero-order valence-electron chi connectivity index (χ0n) is 15.3. The number of carbonyl (C=O) groups excluding carboxylic acids is 1. The van der Waals surface area contributed by atoms with Crippen LogP contribution in [-0.2, 0) is 9.59 Å². The number of carboxylic acid groups (broad SMARTS) is 1. The van der Waals surface area contributed by atoms with Crippen molar-refractivity contribution in [2.24, 2.45) is 5.73 Å². The van der Waals surface area contributed by atoms with Crippen molar-refractivity contribution in [2.75, 3.05) is 34.2 Å². The SMILES string of the molecule is CCC(C)N.CCC(C)NC(=O)CNC.CN(C)CC(=O)O. The molecule has 0 fully saturated rings. The van der Waals surface area contributed by atoms with E-state index in [1.807, 2.05) is 20.8 Å². The molecule has 0 aliphatic carbocycles. The molecular formula is C15H36N4O3. The minimum Gasteiger partial charge on any atom is -0.480 e. The van der Waals surface area contributed by atoms with Crippen LogP contribution >= 0.6 is 0 Å². The molecule has 0 saturated carbocycles. The summed E-state index contributed by atoms with van der Waals surface area (Å²) in [6.07, 6.45) is 2.06. The highest BCUT2D eigenvalue weighted by atomic mass is 16.4. The molecule has 0 aromatic heterocycles. The van der Waals surface area contributed by atoms with Gasteiger partial charge < -0.3 is 21.5 Å². The maximum absolute atomic E-state index is 10.8. The Bertz CT molecular complexity index is 272. The smallest absolute Gasteiger partial charge is 0.317 e. The molecule has 7 nitrogen and oxygen atoms in total. The van der Waals surface area contributed by atoms with Crippen LogP contribution in [0.3, 0.4) is 0 Å². The predicted molar refractivity (Wildman–Crippen MR) is 92.0 cm³/mol. The van der Waals surface area contributed by atoms with Gasteiger partial charge in [0.15, 0.2) is 0 Å². The molecule has 0 heterocycles. The fourth-order valence-electron chi connectivity index (χ4n) is 0.859. The van der Waals surface area contributed by atoms with Gasteiger partial charge in [-0.1, -0.05) is 13.8 Å². The Balaban J connectivity index is -0.000000263. The Kier molecular flexibility index (Phi) is 20.9. The van der Waals surface area contributed by atoms with Crippen molar-refractivity contribution in [1.29, 1.82) is 0 Å². The third-order valence-electron chi connectivity index (χ3n) is 2.45. The molecule has 1 amide bonds. The quantitative estimate of drug-likeness (QED) is 0.544. The number of hydrogen-bond acceptors (Lipinski definition) is 5. The van der Waals surface area contributed by atoms with E-state index in [1.54, 1.807) is 26.0 Å². The monoisotopic (exact) mass is 320 g/mol. The highest BCUT2D eigenvalue weighted by Crippen LogP contribution is 1.85. The van der Waals surface area contributed by atoms with E-state index in [0.717, 1.165) is 12.8 Å². The lowest BCUT2D eigenvalue weighted by molar-refractivity contribution is -0.137. The normalized spacial score (nSPS) is 12.2. The van der Waals surface area contributed by atoms with E-state index in [-0.39, 0.29) is 12.5 Å². The number of hydrogen-bond donors (Lipinski definition) is 4. The zero-order chi connectivity index (χ0) is 18.1. The first-order valence-electron chi connectivity index (χ1n) is 7.66. The summed E-state index contributed by atoms with van der Waals surface area (Å²) < 4.78 is 0. The number of nitrogens with zero attached hydrogens (tertiary/aromatic N) is 1. The molecule has 7 heteroatoms. The first kappa shape index (κ1) is 25.8. The second kappa shape index (κ2) is 17.9. The molecule has 0 spiro atoms. The summed E-state index contributed by atoms with van der Waals surface area (Å²) in [6.45, 7) is 8.63. The average Bonchev–Trinajstić information content (AvgIpc) is 2.38. The molecule has 0 bridgehead atoms. The minimum atomic E-state index is -0.787. The van der Waals surface area contributed by atoms with E-state index in [2.05, 4.69) is 17.6 Å². The highest BCUT2D eigenvalue weighted by Gasteiger charge is 2.02. The number of carbonyl (C=O) groups is 2. The summed E-state index contributed by atoms with van der Waals surface area (Å²) in [5.74, 6) is -0.721. The molecule has 0 aliphatic heterocycles. The number of amides is 1. The van der Waals surface area contributed by atoms with E-state index in [1.165, 1.54) is 0 Å². The zero-order valence-corrected chi connectivity index (χ0v) is 15.3. The average molecular weight is 320 g/mol. The second-order valence-electron chi connectivity index (χ2n) is 5.42. The Morgan fingerprint density at radius 1 is 1.18 bits per heavy atom. The Morgan fingerprint density at radius 3 is 1.82 bits per heavy atom. The van der Waals surface area contributed by atoms with Crippen LogP contribution in [0.25, 0.3) is 0 Å². The van der Waals surface area contributed by atoms with Crippen LogP contribution < -0.4 is 16.4 Å². The van der Waals surface area contributed by atoms with E-state index in [0.29, 0.717) is 18.6 Å². The minimum absolute atomic E-state index is 0.0665. The number of carboxylic acids is 1. The summed E-state index contributed by atoms with van der Waals surface area (Å²) in [4.78, 5) is 22.2. The topological polar surface area (TPSA) is 108 Å². The van der Waals surface area contributed by atoms with Crippen molar-refractivity contribution in [2.45, 2.75) is 52.6 Å². The van der Waals surface area contributed by atoms with Crippen molar-refractivity contribution < 1.29 is 14.7 Å². The number of aliphatic carboxylic acids is 1. The fraction of sp³-hybridized carbons (Fsp3) is 0.867. The van der Waals surface area contributed by atoms with Gasteiger partial charge in [0, 0.05) is 12.1 Å². The lowest BCUT2D eigenvalue weighted by Gasteiger charge is -2.10. The third-order valence-corrected chi connectivity index (χ3v) is 2.45. The number of rotatable bonds is 7. The summed E-state index contributed by atoms with van der Waals surface area (Å²) in [7, 11) is 5.19. The van der Waals surface area contributed by atoms with Crippen molar-refractivity contribution >= 4 is 11.9 Å². The Labute approximate surface area is 135 Å². The van der Waals surface area contributed by atoms with Gasteiger partial charge in [0.2, 0.25) is 5.91 Å². The summed E-state index contributed by atoms with van der Waals surface area (Å²) in [5, 5.41) is 13.7. The standard InChI is InChI=1S/C7H16N2O.C4H9NO2.C4H11N/c1-4-6(2)9-7(10)5-8-3;1-5(2)3-4(6)7;1-3-4(2)5/h6,8H,4-5H2,1-3H3,(H,9,10);3H2,1-2H3,(H,6,7);4H,3,5H2,1-2H3. The van der Waals surface area contributed by atoms with Gasteiger partial charge in [-0.15, -0.1) is 0 Å². The van der Waals surface area contributed by atoms with Crippen LogP contribution in [-0.4, -0.2) is 68.2 Å². The first-order chi connectivity index (χ1) is 10.1. The number of nitrogens with one attached hydrogen (secondary N) is 2. The van der Waals surface area contributed by atoms with Crippen LogP contribution in [0.1, 0.15) is 40.5 Å². The molecular weight excluding hydrogens is 284 g/mol. The molecule has 0 saturated heterocycles. The molecule has 0 aromatic rings. The van der Waals surface area contributed by atoms with Gasteiger partial charge >= 0.3 is 5.97 Å². The summed E-state index contributed by atoms with van der Waals surface area (Å²) in [6, 6.07) is 0.677. The largest absolute Gasteiger partial charge is 0.480 e. The van der Waals surface area contributed by atoms with E-state index < -0.39 is 5.97 Å². The number of nitrogens with two attached hydrogens (primary N) is 1. The van der Waals surface area contributed by atoms with Crippen LogP contribution in [0.5, 0.6) is 0 Å².